The lowest BCUT2D eigenvalue weighted by Gasteiger charge is -2.53. The molecular weight excluding hydrogens is 335 g/mol. The fourth-order valence-corrected chi connectivity index (χ4v) is 3.77. The summed E-state index contributed by atoms with van der Waals surface area (Å²) in [6.07, 6.45) is 9.14. The fraction of sp³-hybridized carbons (Fsp3) is 0.526. The Balaban J connectivity index is 1.22. The monoisotopic (exact) mass is 358 g/mol. The number of anilines is 1. The van der Waals surface area contributed by atoms with E-state index >= 15 is 0 Å². The molecule has 0 N–H and O–H groups in total. The smallest absolute Gasteiger partial charge is 0.225 e. The van der Waals surface area contributed by atoms with Crippen molar-refractivity contribution in [2.45, 2.75) is 31.5 Å². The highest BCUT2D eigenvalue weighted by atomic mass is 19.1. The van der Waals surface area contributed by atoms with Gasteiger partial charge in [-0.2, -0.15) is 0 Å². The Morgan fingerprint density at radius 1 is 1.23 bits per heavy atom. The lowest BCUT2D eigenvalue weighted by molar-refractivity contribution is -0.116. The van der Waals surface area contributed by atoms with E-state index in [0.29, 0.717) is 18.5 Å². The van der Waals surface area contributed by atoms with Crippen molar-refractivity contribution in [3.8, 4) is 0 Å². The van der Waals surface area contributed by atoms with Gasteiger partial charge in [0.25, 0.3) is 0 Å². The van der Waals surface area contributed by atoms with Crippen LogP contribution < -0.4 is 4.90 Å². The standard InChI is InChI=1S/C19H23FN4O2/c20-17-10-22-18(23-11-17)24-13-19(14-24)9-15(4-8-26-19)3-7-25-12-16-1-5-21-6-2-16/h1-2,5-6,10-11,15H,3-4,7-9,12-14H2. The van der Waals surface area contributed by atoms with Gasteiger partial charge in [-0.3, -0.25) is 4.98 Å². The van der Waals surface area contributed by atoms with Gasteiger partial charge in [-0.15, -0.1) is 0 Å². The lowest BCUT2D eigenvalue weighted by Crippen LogP contribution is -2.66. The summed E-state index contributed by atoms with van der Waals surface area (Å²) >= 11 is 0. The van der Waals surface area contributed by atoms with Gasteiger partial charge >= 0.3 is 0 Å². The highest BCUT2D eigenvalue weighted by Gasteiger charge is 2.48. The van der Waals surface area contributed by atoms with Gasteiger partial charge in [-0.25, -0.2) is 14.4 Å². The fourth-order valence-electron chi connectivity index (χ4n) is 3.77. The highest BCUT2D eigenvalue weighted by Crippen LogP contribution is 2.39. The Morgan fingerprint density at radius 2 is 2.00 bits per heavy atom. The molecule has 0 saturated carbocycles. The molecule has 2 aromatic rings. The second kappa shape index (κ2) is 7.63. The summed E-state index contributed by atoms with van der Waals surface area (Å²) in [4.78, 5) is 14.1. The predicted octanol–water partition coefficient (Wildman–Crippen LogP) is 2.60. The van der Waals surface area contributed by atoms with E-state index in [1.54, 1.807) is 12.4 Å². The van der Waals surface area contributed by atoms with Crippen LogP contribution in [0.2, 0.25) is 0 Å². The summed E-state index contributed by atoms with van der Waals surface area (Å²) in [5, 5.41) is 0. The van der Waals surface area contributed by atoms with Gasteiger partial charge in [0, 0.05) is 25.6 Å². The third kappa shape index (κ3) is 3.99. The van der Waals surface area contributed by atoms with Crippen LogP contribution in [0.25, 0.3) is 0 Å². The van der Waals surface area contributed by atoms with Gasteiger partial charge in [-0.05, 0) is 42.9 Å². The van der Waals surface area contributed by atoms with Crippen LogP contribution in [0.1, 0.15) is 24.8 Å². The van der Waals surface area contributed by atoms with E-state index in [1.807, 2.05) is 17.0 Å². The first-order valence-electron chi connectivity index (χ1n) is 9.06. The number of hydrogen-bond donors (Lipinski definition) is 0. The Hall–Kier alpha value is -2.12. The van der Waals surface area contributed by atoms with E-state index in [4.69, 9.17) is 9.47 Å². The number of halogens is 1. The number of rotatable bonds is 6. The molecule has 4 heterocycles. The molecule has 1 unspecified atom stereocenters. The molecule has 0 aromatic carbocycles. The third-order valence-electron chi connectivity index (χ3n) is 5.13. The van der Waals surface area contributed by atoms with Crippen LogP contribution in [0.15, 0.2) is 36.9 Å². The predicted molar refractivity (Wildman–Crippen MR) is 94.1 cm³/mol. The SMILES string of the molecule is Fc1cnc(N2CC3(CC(CCOCc4ccncc4)CCO3)C2)nc1. The second-order valence-corrected chi connectivity index (χ2v) is 7.14. The Bertz CT molecular complexity index is 707. The quantitative estimate of drug-likeness (QED) is 0.740. The van der Waals surface area contributed by atoms with Crippen molar-refractivity contribution in [1.82, 2.24) is 15.0 Å². The van der Waals surface area contributed by atoms with Gasteiger partial charge in [0.1, 0.15) is 5.60 Å². The largest absolute Gasteiger partial charge is 0.377 e. The minimum Gasteiger partial charge on any atom is -0.377 e. The van der Waals surface area contributed by atoms with E-state index in [-0.39, 0.29) is 5.60 Å². The Labute approximate surface area is 152 Å². The average Bonchev–Trinajstić information content (AvgIpc) is 2.65. The minimum atomic E-state index is -0.412. The van der Waals surface area contributed by atoms with Crippen molar-refractivity contribution >= 4 is 5.95 Å². The lowest BCUT2D eigenvalue weighted by atomic mass is 9.79. The molecule has 0 bridgehead atoms. The number of aromatic nitrogens is 3. The van der Waals surface area contributed by atoms with Crippen LogP contribution in [0.4, 0.5) is 10.3 Å². The normalized spacial score (nSPS) is 21.6. The molecule has 2 aliphatic heterocycles. The Kier molecular flexibility index (Phi) is 5.08. The van der Waals surface area contributed by atoms with Crippen molar-refractivity contribution in [3.63, 3.8) is 0 Å². The average molecular weight is 358 g/mol. The van der Waals surface area contributed by atoms with E-state index < -0.39 is 5.82 Å². The van der Waals surface area contributed by atoms with Crippen molar-refractivity contribution in [2.24, 2.45) is 5.92 Å². The van der Waals surface area contributed by atoms with Gasteiger partial charge in [0.2, 0.25) is 5.95 Å². The molecule has 0 radical (unpaired) electrons. The van der Waals surface area contributed by atoms with E-state index in [2.05, 4.69) is 15.0 Å². The maximum Gasteiger partial charge on any atom is 0.225 e. The van der Waals surface area contributed by atoms with Crippen LogP contribution in [0.5, 0.6) is 0 Å². The van der Waals surface area contributed by atoms with Crippen molar-refractivity contribution in [2.75, 3.05) is 31.2 Å². The zero-order valence-electron chi connectivity index (χ0n) is 14.7. The van der Waals surface area contributed by atoms with Crippen molar-refractivity contribution in [3.05, 3.63) is 48.3 Å². The van der Waals surface area contributed by atoms with Crippen molar-refractivity contribution < 1.29 is 13.9 Å². The first kappa shape index (κ1) is 17.3. The number of pyridine rings is 1. The molecule has 138 valence electrons. The Morgan fingerprint density at radius 3 is 2.77 bits per heavy atom. The van der Waals surface area contributed by atoms with Crippen molar-refractivity contribution in [1.29, 1.82) is 0 Å². The molecule has 0 amide bonds. The number of ether oxygens (including phenoxy) is 2. The first-order chi connectivity index (χ1) is 12.7. The summed E-state index contributed by atoms with van der Waals surface area (Å²) in [5.41, 5.74) is 1.04. The van der Waals surface area contributed by atoms with Gasteiger partial charge in [0.15, 0.2) is 5.82 Å². The molecule has 2 saturated heterocycles. The molecule has 1 atom stereocenters. The molecule has 7 heteroatoms. The molecule has 2 aliphatic rings. The minimum absolute atomic E-state index is 0.105. The van der Waals surface area contributed by atoms with Crippen LogP contribution in [-0.4, -0.2) is 46.9 Å². The third-order valence-corrected chi connectivity index (χ3v) is 5.13. The molecule has 6 nitrogen and oxygen atoms in total. The number of hydrogen-bond acceptors (Lipinski definition) is 6. The topological polar surface area (TPSA) is 60.4 Å². The molecule has 26 heavy (non-hydrogen) atoms. The maximum atomic E-state index is 12.9. The molecule has 2 aromatic heterocycles. The first-order valence-corrected chi connectivity index (χ1v) is 9.06. The summed E-state index contributed by atoms with van der Waals surface area (Å²) in [7, 11) is 0. The van der Waals surface area contributed by atoms with Gasteiger partial charge < -0.3 is 14.4 Å². The summed E-state index contributed by atoms with van der Waals surface area (Å²) in [6, 6.07) is 3.95. The zero-order valence-corrected chi connectivity index (χ0v) is 14.7. The molecule has 2 fully saturated rings. The molecular formula is C19H23FN4O2. The molecule has 1 spiro atoms. The second-order valence-electron chi connectivity index (χ2n) is 7.14. The van der Waals surface area contributed by atoms with Crippen LogP contribution in [0.3, 0.4) is 0 Å². The summed E-state index contributed by atoms with van der Waals surface area (Å²) in [5.74, 6) is 0.769. The van der Waals surface area contributed by atoms with E-state index in [9.17, 15) is 4.39 Å². The van der Waals surface area contributed by atoms with E-state index in [0.717, 1.165) is 51.1 Å². The van der Waals surface area contributed by atoms with Crippen LogP contribution in [0, 0.1) is 11.7 Å². The van der Waals surface area contributed by atoms with Crippen LogP contribution in [-0.2, 0) is 16.1 Å². The van der Waals surface area contributed by atoms with Gasteiger partial charge in [-0.1, -0.05) is 0 Å². The summed E-state index contributed by atoms with van der Waals surface area (Å²) in [6.45, 7) is 3.72. The molecule has 0 aliphatic carbocycles. The van der Waals surface area contributed by atoms with Gasteiger partial charge in [0.05, 0.1) is 32.1 Å². The highest BCUT2D eigenvalue weighted by molar-refractivity contribution is 5.37. The van der Waals surface area contributed by atoms with Crippen LogP contribution >= 0.6 is 0 Å². The molecule has 4 rings (SSSR count). The zero-order chi connectivity index (χ0) is 17.8. The number of nitrogens with zero attached hydrogens (tertiary/aromatic N) is 4. The summed E-state index contributed by atoms with van der Waals surface area (Å²) < 4.78 is 24.8. The maximum absolute atomic E-state index is 12.9. The van der Waals surface area contributed by atoms with E-state index in [1.165, 1.54) is 12.4 Å².